The maximum absolute atomic E-state index is 12.1. The first-order valence-corrected chi connectivity index (χ1v) is 7.38. The van der Waals surface area contributed by atoms with Crippen LogP contribution in [0.4, 0.5) is 13.2 Å². The zero-order chi connectivity index (χ0) is 16.2. The second kappa shape index (κ2) is 6.87. The fraction of sp³-hybridized carbons (Fsp3) is 0.286. The standard InChI is InChI=1S/C14H14F3N3OS/c1-2-5-22-10-6-11-9(7-19-12(11)20-8-10)3-4-18-13(21)14(15,16)17/h2,5-8H,3-4H2,1H3,(H,18,21)(H,19,20). The van der Waals surface area contributed by atoms with Crippen molar-refractivity contribution in [3.05, 3.63) is 35.5 Å². The summed E-state index contributed by atoms with van der Waals surface area (Å²) in [5.74, 6) is -1.92. The van der Waals surface area contributed by atoms with Crippen molar-refractivity contribution < 1.29 is 18.0 Å². The number of pyridine rings is 1. The Labute approximate surface area is 129 Å². The van der Waals surface area contributed by atoms with E-state index in [-0.39, 0.29) is 6.54 Å². The van der Waals surface area contributed by atoms with Gasteiger partial charge in [0.25, 0.3) is 0 Å². The topological polar surface area (TPSA) is 57.8 Å². The molecule has 118 valence electrons. The van der Waals surface area contributed by atoms with Crippen LogP contribution in [0.2, 0.25) is 0 Å². The van der Waals surface area contributed by atoms with E-state index in [4.69, 9.17) is 0 Å². The minimum atomic E-state index is -4.85. The zero-order valence-electron chi connectivity index (χ0n) is 11.7. The SMILES string of the molecule is CC=CSc1cnc2[nH]cc(CCNC(=O)C(F)(F)F)c2c1. The Balaban J connectivity index is 2.06. The molecule has 2 aromatic heterocycles. The molecule has 0 aliphatic heterocycles. The third-order valence-corrected chi connectivity index (χ3v) is 3.77. The van der Waals surface area contributed by atoms with Crippen LogP contribution in [0.15, 0.2) is 34.8 Å². The van der Waals surface area contributed by atoms with E-state index < -0.39 is 12.1 Å². The number of amides is 1. The van der Waals surface area contributed by atoms with Crippen molar-refractivity contribution in [3.8, 4) is 0 Å². The lowest BCUT2D eigenvalue weighted by Gasteiger charge is -2.07. The summed E-state index contributed by atoms with van der Waals surface area (Å²) in [6.07, 6.45) is 0.763. The number of alkyl halides is 3. The molecule has 0 fully saturated rings. The molecular formula is C14H14F3N3OS. The predicted molar refractivity (Wildman–Crippen MR) is 79.5 cm³/mol. The van der Waals surface area contributed by atoms with Crippen LogP contribution in [-0.4, -0.2) is 28.6 Å². The van der Waals surface area contributed by atoms with Gasteiger partial charge in [-0.25, -0.2) is 4.98 Å². The number of nitrogens with one attached hydrogen (secondary N) is 2. The molecule has 2 rings (SSSR count). The molecule has 22 heavy (non-hydrogen) atoms. The van der Waals surface area contributed by atoms with Gasteiger partial charge in [-0.15, -0.1) is 0 Å². The molecule has 0 aliphatic rings. The minimum Gasteiger partial charge on any atom is -0.348 e. The molecule has 0 saturated heterocycles. The lowest BCUT2D eigenvalue weighted by Crippen LogP contribution is -2.37. The fourth-order valence-corrected chi connectivity index (χ4v) is 2.46. The summed E-state index contributed by atoms with van der Waals surface area (Å²) in [6.45, 7) is 1.82. The quantitative estimate of drug-likeness (QED) is 0.827. The molecule has 2 aromatic rings. The van der Waals surface area contributed by atoms with Crippen molar-refractivity contribution in [1.29, 1.82) is 0 Å². The van der Waals surface area contributed by atoms with E-state index in [2.05, 4.69) is 9.97 Å². The number of hydrogen-bond acceptors (Lipinski definition) is 3. The number of fused-ring (bicyclic) bond motifs is 1. The Morgan fingerprint density at radius 1 is 1.50 bits per heavy atom. The molecule has 0 saturated carbocycles. The highest BCUT2D eigenvalue weighted by atomic mass is 32.2. The Kier molecular flexibility index (Phi) is 5.12. The van der Waals surface area contributed by atoms with Crippen LogP contribution in [0.5, 0.6) is 0 Å². The maximum Gasteiger partial charge on any atom is 0.471 e. The van der Waals surface area contributed by atoms with Gasteiger partial charge in [-0.05, 0) is 30.4 Å². The Bertz CT molecular complexity index is 694. The predicted octanol–water partition coefficient (Wildman–Crippen LogP) is 3.41. The number of allylic oxidation sites excluding steroid dienone is 1. The molecule has 0 radical (unpaired) electrons. The van der Waals surface area contributed by atoms with Gasteiger partial charge in [-0.2, -0.15) is 13.2 Å². The van der Waals surface area contributed by atoms with Gasteiger partial charge in [0.05, 0.1) is 0 Å². The number of carbonyl (C=O) groups excluding carboxylic acids is 1. The molecule has 0 aromatic carbocycles. The number of carbonyl (C=O) groups is 1. The van der Waals surface area contributed by atoms with Gasteiger partial charge in [-0.3, -0.25) is 4.79 Å². The van der Waals surface area contributed by atoms with Crippen LogP contribution in [-0.2, 0) is 11.2 Å². The van der Waals surface area contributed by atoms with Crippen LogP contribution < -0.4 is 5.32 Å². The Morgan fingerprint density at radius 2 is 2.27 bits per heavy atom. The van der Waals surface area contributed by atoms with Crippen LogP contribution >= 0.6 is 11.8 Å². The van der Waals surface area contributed by atoms with E-state index in [0.717, 1.165) is 15.8 Å². The minimum absolute atomic E-state index is 0.0858. The Hall–Kier alpha value is -1.96. The van der Waals surface area contributed by atoms with E-state index in [1.54, 1.807) is 12.4 Å². The normalized spacial score (nSPS) is 12.2. The van der Waals surface area contributed by atoms with Gasteiger partial charge in [0.15, 0.2) is 0 Å². The number of thioether (sulfide) groups is 1. The molecule has 0 aliphatic carbocycles. The summed E-state index contributed by atoms with van der Waals surface area (Å²) in [5, 5.41) is 4.62. The van der Waals surface area contributed by atoms with Crippen LogP contribution in [0, 0.1) is 0 Å². The van der Waals surface area contributed by atoms with Crippen LogP contribution in [0.3, 0.4) is 0 Å². The molecule has 0 bridgehead atoms. The molecule has 0 unspecified atom stereocenters. The molecule has 4 nitrogen and oxygen atoms in total. The largest absolute Gasteiger partial charge is 0.471 e. The first-order chi connectivity index (χ1) is 10.4. The molecule has 0 atom stereocenters. The molecular weight excluding hydrogens is 315 g/mol. The lowest BCUT2D eigenvalue weighted by molar-refractivity contribution is -0.173. The lowest BCUT2D eigenvalue weighted by atomic mass is 10.1. The number of rotatable bonds is 5. The van der Waals surface area contributed by atoms with Crippen molar-refractivity contribution in [3.63, 3.8) is 0 Å². The van der Waals surface area contributed by atoms with Crippen LogP contribution in [0.25, 0.3) is 11.0 Å². The number of aromatic nitrogens is 2. The average Bonchev–Trinajstić information content (AvgIpc) is 2.86. The number of hydrogen-bond donors (Lipinski definition) is 2. The average molecular weight is 329 g/mol. The Morgan fingerprint density at radius 3 is 2.95 bits per heavy atom. The van der Waals surface area contributed by atoms with Gasteiger partial charge in [0, 0.05) is 29.2 Å². The van der Waals surface area contributed by atoms with Crippen molar-refractivity contribution in [2.75, 3.05) is 6.54 Å². The monoisotopic (exact) mass is 329 g/mol. The first kappa shape index (κ1) is 16.4. The van der Waals surface area contributed by atoms with E-state index >= 15 is 0 Å². The number of H-pyrrole nitrogens is 1. The zero-order valence-corrected chi connectivity index (χ0v) is 12.5. The summed E-state index contributed by atoms with van der Waals surface area (Å²) in [6, 6.07) is 1.92. The summed E-state index contributed by atoms with van der Waals surface area (Å²) < 4.78 is 36.3. The first-order valence-electron chi connectivity index (χ1n) is 6.50. The molecule has 2 heterocycles. The van der Waals surface area contributed by atoms with Gasteiger partial charge in [0.2, 0.25) is 0 Å². The highest BCUT2D eigenvalue weighted by molar-refractivity contribution is 8.02. The van der Waals surface area contributed by atoms with Crippen LogP contribution in [0.1, 0.15) is 12.5 Å². The molecule has 2 N–H and O–H groups in total. The second-order valence-electron chi connectivity index (χ2n) is 4.47. The van der Waals surface area contributed by atoms with Crippen molar-refractivity contribution >= 4 is 28.7 Å². The highest BCUT2D eigenvalue weighted by Gasteiger charge is 2.38. The van der Waals surface area contributed by atoms with Gasteiger partial charge in [0.1, 0.15) is 5.65 Å². The highest BCUT2D eigenvalue weighted by Crippen LogP contribution is 2.25. The van der Waals surface area contributed by atoms with Crippen molar-refractivity contribution in [2.24, 2.45) is 0 Å². The number of halogens is 3. The third kappa shape index (κ3) is 4.03. The van der Waals surface area contributed by atoms with Gasteiger partial charge >= 0.3 is 12.1 Å². The summed E-state index contributed by atoms with van der Waals surface area (Å²) in [7, 11) is 0. The number of nitrogens with zero attached hydrogens (tertiary/aromatic N) is 1. The maximum atomic E-state index is 12.1. The van der Waals surface area contributed by atoms with E-state index in [0.29, 0.717) is 12.1 Å². The molecule has 8 heteroatoms. The van der Waals surface area contributed by atoms with E-state index in [1.807, 2.05) is 29.8 Å². The fourth-order valence-electron chi connectivity index (χ4n) is 1.87. The summed E-state index contributed by atoms with van der Waals surface area (Å²) in [5.41, 5.74) is 1.48. The molecule has 1 amide bonds. The van der Waals surface area contributed by atoms with Gasteiger partial charge < -0.3 is 10.3 Å². The third-order valence-electron chi connectivity index (χ3n) is 2.87. The summed E-state index contributed by atoms with van der Waals surface area (Å²) in [4.78, 5) is 18.9. The van der Waals surface area contributed by atoms with Gasteiger partial charge in [-0.1, -0.05) is 17.8 Å². The van der Waals surface area contributed by atoms with E-state index in [1.165, 1.54) is 11.8 Å². The molecule has 0 spiro atoms. The summed E-state index contributed by atoms with van der Waals surface area (Å²) >= 11 is 1.50. The van der Waals surface area contributed by atoms with E-state index in [9.17, 15) is 18.0 Å². The smallest absolute Gasteiger partial charge is 0.348 e. The number of aromatic amines is 1. The second-order valence-corrected chi connectivity index (χ2v) is 5.45. The van der Waals surface area contributed by atoms with Crippen molar-refractivity contribution in [2.45, 2.75) is 24.4 Å². The van der Waals surface area contributed by atoms with Crippen molar-refractivity contribution in [1.82, 2.24) is 15.3 Å².